The summed E-state index contributed by atoms with van der Waals surface area (Å²) in [6.45, 7) is 10.4. The van der Waals surface area contributed by atoms with Gasteiger partial charge in [-0.25, -0.2) is 9.79 Å². The number of halogens is 3. The zero-order valence-electron chi connectivity index (χ0n) is 26.8. The predicted molar refractivity (Wildman–Crippen MR) is 180 cm³/mol. The van der Waals surface area contributed by atoms with Crippen LogP contribution in [0.25, 0.3) is 0 Å². The molecule has 2 unspecified atom stereocenters. The molecule has 47 heavy (non-hydrogen) atoms. The number of hydrogen-bond acceptors (Lipinski definition) is 7. The van der Waals surface area contributed by atoms with E-state index < -0.39 is 18.1 Å². The van der Waals surface area contributed by atoms with Crippen LogP contribution in [0.3, 0.4) is 0 Å². The fraction of sp³-hybridized carbons (Fsp3) is 0.353. The van der Waals surface area contributed by atoms with Crippen LogP contribution >= 0.6 is 11.8 Å². The third-order valence-corrected chi connectivity index (χ3v) is 8.99. The van der Waals surface area contributed by atoms with Crippen LogP contribution in [0.5, 0.6) is 5.75 Å². The van der Waals surface area contributed by atoms with Gasteiger partial charge >= 0.3 is 12.4 Å². The smallest absolute Gasteiger partial charge is 0.406 e. The minimum absolute atomic E-state index is 0.0215. The molecule has 9 nitrogen and oxygen atoms in total. The van der Waals surface area contributed by atoms with E-state index in [1.807, 2.05) is 63.2 Å². The first-order valence-electron chi connectivity index (χ1n) is 15.3. The summed E-state index contributed by atoms with van der Waals surface area (Å²) in [4.78, 5) is 36.3. The monoisotopic (exact) mass is 666 g/mol. The summed E-state index contributed by atoms with van der Waals surface area (Å²) < 4.78 is 41.5. The Balaban J connectivity index is 1.21. The van der Waals surface area contributed by atoms with Crippen LogP contribution in [-0.2, 0) is 10.5 Å². The Kier molecular flexibility index (Phi) is 9.97. The molecule has 5 rings (SSSR count). The summed E-state index contributed by atoms with van der Waals surface area (Å²) in [7, 11) is 0. The van der Waals surface area contributed by atoms with Crippen LogP contribution in [0.2, 0.25) is 0 Å². The van der Waals surface area contributed by atoms with Gasteiger partial charge in [0.05, 0.1) is 17.1 Å². The third kappa shape index (κ3) is 7.96. The Labute approximate surface area is 276 Å². The topological polar surface area (TPSA) is 98.6 Å². The van der Waals surface area contributed by atoms with Crippen LogP contribution in [-0.4, -0.2) is 42.1 Å². The van der Waals surface area contributed by atoms with Gasteiger partial charge in [0.1, 0.15) is 12.1 Å². The molecule has 3 aromatic carbocycles. The third-order valence-electron chi connectivity index (χ3n) is 8.07. The van der Waals surface area contributed by atoms with E-state index in [0.717, 1.165) is 34.4 Å². The number of alkyl halides is 3. The minimum Gasteiger partial charge on any atom is -0.406 e. The van der Waals surface area contributed by atoms with Gasteiger partial charge in [-0.15, -0.1) is 13.2 Å². The van der Waals surface area contributed by atoms with Crippen molar-refractivity contribution in [1.29, 1.82) is 0 Å². The van der Waals surface area contributed by atoms with Crippen molar-refractivity contribution >= 4 is 46.6 Å². The molecular weight excluding hydrogens is 629 g/mol. The Morgan fingerprint density at radius 3 is 2.47 bits per heavy atom. The maximum Gasteiger partial charge on any atom is 0.573 e. The summed E-state index contributed by atoms with van der Waals surface area (Å²) in [5, 5.41) is 4.93. The molecule has 2 aliphatic heterocycles. The number of aliphatic imine (C=N–C) groups is 2. The molecule has 0 aromatic heterocycles. The van der Waals surface area contributed by atoms with Crippen molar-refractivity contribution in [1.82, 2.24) is 10.7 Å². The second-order valence-electron chi connectivity index (χ2n) is 11.9. The summed E-state index contributed by atoms with van der Waals surface area (Å²) in [6.07, 6.45) is -2.40. The van der Waals surface area contributed by atoms with Gasteiger partial charge in [0.25, 0.3) is 0 Å². The number of amidine groups is 1. The number of nitrogens with zero attached hydrogens (tertiary/aromatic N) is 4. The molecule has 3 aromatic rings. The number of carbonyl (C=O) groups is 2. The van der Waals surface area contributed by atoms with Gasteiger partial charge in [0.15, 0.2) is 10.8 Å². The SMILES string of the molecule is CCC(CNC(=O)N=C1SCC(=O)N1c1cc(C)ccc1C(C)C)c1ccc(C2(C)N=CN(c3ccc(OC(F)(F)F)cc3)N2)cc1. The van der Waals surface area contributed by atoms with E-state index in [0.29, 0.717) is 17.4 Å². The van der Waals surface area contributed by atoms with Crippen LogP contribution in [0.15, 0.2) is 76.7 Å². The molecule has 2 N–H and O–H groups in total. The average Bonchev–Trinajstić information content (AvgIpc) is 3.59. The van der Waals surface area contributed by atoms with Crippen LogP contribution < -0.4 is 25.4 Å². The van der Waals surface area contributed by atoms with Gasteiger partial charge in [-0.1, -0.05) is 68.9 Å². The molecular formula is C34H37F3N6O3S. The molecule has 1 saturated heterocycles. The number of amides is 3. The zero-order chi connectivity index (χ0) is 33.9. The minimum atomic E-state index is -4.76. The van der Waals surface area contributed by atoms with Gasteiger partial charge in [0, 0.05) is 12.5 Å². The average molecular weight is 667 g/mol. The summed E-state index contributed by atoms with van der Waals surface area (Å²) >= 11 is 1.26. The lowest BCUT2D eigenvalue weighted by atomic mass is 9.93. The van der Waals surface area contributed by atoms with Gasteiger partial charge < -0.3 is 10.1 Å². The van der Waals surface area contributed by atoms with E-state index in [1.165, 1.54) is 36.0 Å². The van der Waals surface area contributed by atoms with Gasteiger partial charge in [0.2, 0.25) is 5.91 Å². The van der Waals surface area contributed by atoms with E-state index in [4.69, 9.17) is 0 Å². The van der Waals surface area contributed by atoms with Gasteiger partial charge in [-0.2, -0.15) is 10.4 Å². The Morgan fingerprint density at radius 1 is 1.13 bits per heavy atom. The lowest BCUT2D eigenvalue weighted by Gasteiger charge is -2.27. The maximum atomic E-state index is 13.0. The molecule has 0 saturated carbocycles. The molecule has 1 fully saturated rings. The number of urea groups is 1. The van der Waals surface area contributed by atoms with Crippen LogP contribution in [0.4, 0.5) is 29.3 Å². The number of benzene rings is 3. The Bertz CT molecular complexity index is 1680. The summed E-state index contributed by atoms with van der Waals surface area (Å²) in [6, 6.07) is 18.9. The van der Waals surface area contributed by atoms with Gasteiger partial charge in [-0.05, 0) is 78.8 Å². The number of ether oxygens (including phenoxy) is 1. The summed E-state index contributed by atoms with van der Waals surface area (Å²) in [5.74, 6) is 0.0263. The number of hydrogen-bond donors (Lipinski definition) is 2. The number of aryl methyl sites for hydroxylation is 1. The highest BCUT2D eigenvalue weighted by Gasteiger charge is 2.34. The van der Waals surface area contributed by atoms with Crippen molar-refractivity contribution in [2.24, 2.45) is 9.98 Å². The van der Waals surface area contributed by atoms with E-state index in [2.05, 4.69) is 39.3 Å². The molecule has 2 atom stereocenters. The van der Waals surface area contributed by atoms with Crippen LogP contribution in [0.1, 0.15) is 68.2 Å². The number of nitrogens with one attached hydrogen (secondary N) is 2. The first-order valence-corrected chi connectivity index (χ1v) is 16.3. The van der Waals surface area contributed by atoms with E-state index in [-0.39, 0.29) is 29.2 Å². The normalized spacial score (nSPS) is 19.6. The Morgan fingerprint density at radius 2 is 1.83 bits per heavy atom. The van der Waals surface area contributed by atoms with Crippen molar-refractivity contribution in [2.75, 3.05) is 22.2 Å². The number of carbonyl (C=O) groups excluding carboxylic acids is 2. The van der Waals surface area contributed by atoms with E-state index in [9.17, 15) is 22.8 Å². The maximum absolute atomic E-state index is 13.0. The molecule has 2 aliphatic rings. The number of rotatable bonds is 9. The largest absolute Gasteiger partial charge is 0.573 e. The lowest BCUT2D eigenvalue weighted by Crippen LogP contribution is -2.43. The second-order valence-corrected chi connectivity index (χ2v) is 12.8. The quantitative estimate of drug-likeness (QED) is 0.244. The number of anilines is 2. The lowest BCUT2D eigenvalue weighted by molar-refractivity contribution is -0.274. The van der Waals surface area contributed by atoms with E-state index in [1.54, 1.807) is 16.2 Å². The molecule has 2 heterocycles. The standard InChI is InChI=1S/C34H37F3N6O3S/c1-6-23(18-38-31(45)40-32-43(30(44)19-47-32)29-17-22(4)7-16-28(29)21(2)3)24-8-10-25(11-9-24)33(5)39-20-42(41-33)26-12-14-27(15-13-26)46-34(35,36)37/h7-17,20-21,23,41H,6,18-19H2,1-5H3,(H,38,45). The fourth-order valence-electron chi connectivity index (χ4n) is 5.48. The molecule has 248 valence electrons. The number of thioether (sulfide) groups is 1. The molecule has 0 radical (unpaired) electrons. The van der Waals surface area contributed by atoms with Crippen molar-refractivity contribution in [2.45, 2.75) is 64.9 Å². The molecule has 0 bridgehead atoms. The van der Waals surface area contributed by atoms with Crippen molar-refractivity contribution in [3.8, 4) is 5.75 Å². The van der Waals surface area contributed by atoms with Crippen LogP contribution in [0, 0.1) is 6.92 Å². The first kappa shape index (κ1) is 34.0. The highest BCUT2D eigenvalue weighted by molar-refractivity contribution is 8.15. The molecule has 13 heteroatoms. The van der Waals surface area contributed by atoms with Crippen molar-refractivity contribution < 1.29 is 27.5 Å². The molecule has 0 aliphatic carbocycles. The Hall–Kier alpha value is -4.36. The zero-order valence-corrected chi connectivity index (χ0v) is 27.6. The highest BCUT2D eigenvalue weighted by atomic mass is 32.2. The van der Waals surface area contributed by atoms with Crippen molar-refractivity contribution in [3.63, 3.8) is 0 Å². The summed E-state index contributed by atoms with van der Waals surface area (Å²) in [5.41, 5.74) is 7.77. The van der Waals surface area contributed by atoms with Crippen molar-refractivity contribution in [3.05, 3.63) is 89.0 Å². The molecule has 0 spiro atoms. The second kappa shape index (κ2) is 13.8. The van der Waals surface area contributed by atoms with E-state index >= 15 is 0 Å². The predicted octanol–water partition coefficient (Wildman–Crippen LogP) is 7.58. The highest BCUT2D eigenvalue weighted by Crippen LogP contribution is 2.35. The first-order chi connectivity index (χ1) is 22.3. The molecule has 3 amide bonds. The fourth-order valence-corrected chi connectivity index (χ4v) is 6.33. The van der Waals surface area contributed by atoms with Gasteiger partial charge in [-0.3, -0.25) is 14.7 Å². The number of hydrazine groups is 1.